The Morgan fingerprint density at radius 2 is 2.12 bits per heavy atom. The third-order valence-corrected chi connectivity index (χ3v) is 4.44. The van der Waals surface area contributed by atoms with Gasteiger partial charge in [-0.05, 0) is 24.6 Å². The monoisotopic (exact) mass is 361 g/mol. The van der Waals surface area contributed by atoms with Gasteiger partial charge in [0.2, 0.25) is 0 Å². The Morgan fingerprint density at radius 1 is 1.31 bits per heavy atom. The van der Waals surface area contributed by atoms with E-state index in [1.165, 1.54) is 0 Å². The standard InChI is InChI=1S/C18H27N5O3/c1-3-26-14-5-4-13(12-15(14)24-2)17(19)18-20-16(21-22-18)6-7-23-8-10-25-11-9-23/h4-5,12,17H,3,6-11,19H2,1-2H3,(H,20,21,22)/t17-/m0/s1. The number of H-pyrrole nitrogens is 1. The largest absolute Gasteiger partial charge is 0.493 e. The van der Waals surface area contributed by atoms with Crippen molar-refractivity contribution in [3.05, 3.63) is 35.4 Å². The number of aromatic nitrogens is 3. The molecule has 0 bridgehead atoms. The van der Waals surface area contributed by atoms with Crippen molar-refractivity contribution in [3.8, 4) is 11.5 Å². The van der Waals surface area contributed by atoms with E-state index in [4.69, 9.17) is 19.9 Å². The number of nitrogens with one attached hydrogen (secondary N) is 1. The number of nitrogens with two attached hydrogens (primary N) is 1. The minimum atomic E-state index is -0.423. The molecule has 0 amide bonds. The van der Waals surface area contributed by atoms with Gasteiger partial charge in [0.05, 0.1) is 33.0 Å². The van der Waals surface area contributed by atoms with Crippen LogP contribution in [0.5, 0.6) is 11.5 Å². The van der Waals surface area contributed by atoms with Crippen LogP contribution in [0.15, 0.2) is 18.2 Å². The van der Waals surface area contributed by atoms with E-state index in [0.717, 1.165) is 50.7 Å². The summed E-state index contributed by atoms with van der Waals surface area (Å²) < 4.78 is 16.3. The van der Waals surface area contributed by atoms with Crippen LogP contribution < -0.4 is 15.2 Å². The fourth-order valence-corrected chi connectivity index (χ4v) is 2.95. The molecular weight excluding hydrogens is 334 g/mol. The van der Waals surface area contributed by atoms with Crippen LogP contribution in [-0.2, 0) is 11.2 Å². The van der Waals surface area contributed by atoms with Gasteiger partial charge in [0.25, 0.3) is 0 Å². The highest BCUT2D eigenvalue weighted by Gasteiger charge is 2.18. The van der Waals surface area contributed by atoms with Gasteiger partial charge in [-0.3, -0.25) is 10.00 Å². The number of hydrogen-bond acceptors (Lipinski definition) is 7. The van der Waals surface area contributed by atoms with Crippen LogP contribution in [-0.4, -0.2) is 66.6 Å². The molecule has 26 heavy (non-hydrogen) atoms. The van der Waals surface area contributed by atoms with Crippen molar-refractivity contribution < 1.29 is 14.2 Å². The minimum Gasteiger partial charge on any atom is -0.493 e. The summed E-state index contributed by atoms with van der Waals surface area (Å²) >= 11 is 0. The van der Waals surface area contributed by atoms with E-state index < -0.39 is 6.04 Å². The van der Waals surface area contributed by atoms with Crippen molar-refractivity contribution in [1.82, 2.24) is 20.1 Å². The third kappa shape index (κ3) is 4.51. The predicted molar refractivity (Wildman–Crippen MR) is 97.5 cm³/mol. The number of ether oxygens (including phenoxy) is 3. The van der Waals surface area contributed by atoms with Crippen molar-refractivity contribution in [2.24, 2.45) is 5.73 Å². The number of methoxy groups -OCH3 is 1. The maximum Gasteiger partial charge on any atom is 0.171 e. The molecule has 0 spiro atoms. The minimum absolute atomic E-state index is 0.423. The van der Waals surface area contributed by atoms with E-state index >= 15 is 0 Å². The fourth-order valence-electron chi connectivity index (χ4n) is 2.95. The van der Waals surface area contributed by atoms with Gasteiger partial charge in [-0.15, -0.1) is 0 Å². The molecule has 2 aromatic rings. The number of benzene rings is 1. The van der Waals surface area contributed by atoms with Crippen LogP contribution in [0, 0.1) is 0 Å². The molecule has 1 fully saturated rings. The molecule has 1 saturated heterocycles. The maximum atomic E-state index is 6.35. The molecule has 8 heteroatoms. The first-order valence-electron chi connectivity index (χ1n) is 8.99. The predicted octanol–water partition coefficient (Wildman–Crippen LogP) is 1.13. The summed E-state index contributed by atoms with van der Waals surface area (Å²) in [6.07, 6.45) is 0.812. The first kappa shape index (κ1) is 18.6. The number of hydrogen-bond donors (Lipinski definition) is 2. The Hall–Kier alpha value is -2.16. The van der Waals surface area contributed by atoms with Gasteiger partial charge < -0.3 is 19.9 Å². The summed E-state index contributed by atoms with van der Waals surface area (Å²) in [5.74, 6) is 2.78. The second kappa shape index (κ2) is 8.98. The van der Waals surface area contributed by atoms with Gasteiger partial charge in [0, 0.05) is 26.1 Å². The second-order valence-corrected chi connectivity index (χ2v) is 6.17. The van der Waals surface area contributed by atoms with Crippen LogP contribution in [0.1, 0.15) is 30.2 Å². The van der Waals surface area contributed by atoms with Gasteiger partial charge in [0.1, 0.15) is 5.82 Å². The number of aromatic amines is 1. The zero-order chi connectivity index (χ0) is 18.4. The molecule has 0 radical (unpaired) electrons. The highest BCUT2D eigenvalue weighted by Crippen LogP contribution is 2.30. The lowest BCUT2D eigenvalue weighted by atomic mass is 10.1. The molecule has 1 aromatic carbocycles. The molecule has 8 nitrogen and oxygen atoms in total. The van der Waals surface area contributed by atoms with E-state index in [0.29, 0.717) is 23.9 Å². The lowest BCUT2D eigenvalue weighted by Gasteiger charge is -2.25. The lowest BCUT2D eigenvalue weighted by molar-refractivity contribution is 0.0382. The molecule has 142 valence electrons. The quantitative estimate of drug-likeness (QED) is 0.727. The summed E-state index contributed by atoms with van der Waals surface area (Å²) in [5, 5.41) is 7.30. The molecule has 3 N–H and O–H groups in total. The SMILES string of the molecule is CCOc1ccc([C@H](N)c2n[nH]c(CCN3CCOCC3)n2)cc1OC. The third-order valence-electron chi connectivity index (χ3n) is 4.44. The summed E-state index contributed by atoms with van der Waals surface area (Å²) in [6, 6.07) is 5.23. The van der Waals surface area contributed by atoms with Crippen molar-refractivity contribution in [1.29, 1.82) is 0 Å². The zero-order valence-corrected chi connectivity index (χ0v) is 15.4. The molecule has 1 aromatic heterocycles. The average molecular weight is 361 g/mol. The molecule has 0 saturated carbocycles. The average Bonchev–Trinajstić information content (AvgIpc) is 3.16. The Kier molecular flexibility index (Phi) is 6.43. The Bertz CT molecular complexity index is 700. The van der Waals surface area contributed by atoms with Crippen LogP contribution in [0.2, 0.25) is 0 Å². The Morgan fingerprint density at radius 3 is 2.85 bits per heavy atom. The van der Waals surface area contributed by atoms with Gasteiger partial charge in [-0.2, -0.15) is 5.10 Å². The van der Waals surface area contributed by atoms with Crippen molar-refractivity contribution >= 4 is 0 Å². The molecule has 0 unspecified atom stereocenters. The van der Waals surface area contributed by atoms with Crippen molar-refractivity contribution in [2.45, 2.75) is 19.4 Å². The molecule has 2 heterocycles. The lowest BCUT2D eigenvalue weighted by Crippen LogP contribution is -2.37. The molecule has 1 atom stereocenters. The van der Waals surface area contributed by atoms with E-state index in [1.807, 2.05) is 25.1 Å². The molecule has 1 aliphatic heterocycles. The van der Waals surface area contributed by atoms with Gasteiger partial charge >= 0.3 is 0 Å². The highest BCUT2D eigenvalue weighted by molar-refractivity contribution is 5.44. The van der Waals surface area contributed by atoms with E-state index in [-0.39, 0.29) is 0 Å². The fraction of sp³-hybridized carbons (Fsp3) is 0.556. The van der Waals surface area contributed by atoms with E-state index in [2.05, 4.69) is 20.1 Å². The summed E-state index contributed by atoms with van der Waals surface area (Å²) in [7, 11) is 1.61. The Labute approximate surface area is 153 Å². The summed E-state index contributed by atoms with van der Waals surface area (Å²) in [6.45, 7) is 6.97. The van der Waals surface area contributed by atoms with Gasteiger partial charge in [-0.1, -0.05) is 6.07 Å². The molecule has 0 aliphatic carbocycles. The maximum absolute atomic E-state index is 6.35. The first-order chi connectivity index (χ1) is 12.7. The molecular formula is C18H27N5O3. The number of rotatable bonds is 8. The topological polar surface area (TPSA) is 98.5 Å². The van der Waals surface area contributed by atoms with Gasteiger partial charge in [0.15, 0.2) is 17.3 Å². The van der Waals surface area contributed by atoms with Crippen LogP contribution in [0.4, 0.5) is 0 Å². The molecule has 3 rings (SSSR count). The number of nitrogens with zero attached hydrogens (tertiary/aromatic N) is 3. The van der Waals surface area contributed by atoms with Crippen molar-refractivity contribution in [2.75, 3.05) is 46.6 Å². The Balaban J connectivity index is 1.64. The zero-order valence-electron chi connectivity index (χ0n) is 15.4. The van der Waals surface area contributed by atoms with Gasteiger partial charge in [-0.25, -0.2) is 4.98 Å². The van der Waals surface area contributed by atoms with Crippen LogP contribution in [0.3, 0.4) is 0 Å². The first-order valence-corrected chi connectivity index (χ1v) is 8.99. The summed E-state index contributed by atoms with van der Waals surface area (Å²) in [5.41, 5.74) is 7.23. The van der Waals surface area contributed by atoms with E-state index in [1.54, 1.807) is 7.11 Å². The van der Waals surface area contributed by atoms with Crippen LogP contribution >= 0.6 is 0 Å². The smallest absolute Gasteiger partial charge is 0.171 e. The summed E-state index contributed by atoms with van der Waals surface area (Å²) in [4.78, 5) is 6.93. The second-order valence-electron chi connectivity index (χ2n) is 6.17. The number of morpholine rings is 1. The van der Waals surface area contributed by atoms with Crippen molar-refractivity contribution in [3.63, 3.8) is 0 Å². The van der Waals surface area contributed by atoms with E-state index in [9.17, 15) is 0 Å². The normalized spacial score (nSPS) is 16.4. The molecule has 1 aliphatic rings. The van der Waals surface area contributed by atoms with Crippen LogP contribution in [0.25, 0.3) is 0 Å². The highest BCUT2D eigenvalue weighted by atomic mass is 16.5.